The Morgan fingerprint density at radius 2 is 2.07 bits per heavy atom. The molecule has 4 rings (SSSR count). The van der Waals surface area contributed by atoms with Gasteiger partial charge in [0.1, 0.15) is 0 Å². The van der Waals surface area contributed by atoms with E-state index < -0.39 is 18.3 Å². The second-order valence-electron chi connectivity index (χ2n) is 5.65. The lowest BCUT2D eigenvalue weighted by atomic mass is 9.47. The summed E-state index contributed by atoms with van der Waals surface area (Å²) in [6.07, 6.45) is 3.64. The Morgan fingerprint density at radius 3 is 2.64 bits per heavy atom. The first-order valence-corrected chi connectivity index (χ1v) is 5.63. The normalized spacial score (nSPS) is 65.0. The van der Waals surface area contributed by atoms with Crippen LogP contribution in [0.25, 0.3) is 0 Å². The second-order valence-corrected chi connectivity index (χ2v) is 5.65. The first-order chi connectivity index (χ1) is 8.16. The molecule has 0 amide bonds. The molecule has 0 aromatic carbocycles. The Bertz CT molecular complexity index is 352. The molecule has 0 saturated heterocycles. The van der Waals surface area contributed by atoms with E-state index in [0.29, 0.717) is 18.8 Å². The van der Waals surface area contributed by atoms with Gasteiger partial charge in [-0.05, 0) is 62.1 Å². The van der Waals surface area contributed by atoms with Crippen LogP contribution in [0.5, 0.6) is 0 Å². The average molecular weight is 199 g/mol. The molecule has 80 valence electrons. The van der Waals surface area contributed by atoms with Crippen molar-refractivity contribution in [2.24, 2.45) is 28.9 Å². The molecular weight excluding hydrogens is 174 g/mol. The van der Waals surface area contributed by atoms with Crippen molar-refractivity contribution in [3.05, 3.63) is 0 Å². The van der Waals surface area contributed by atoms with Crippen LogP contribution in [0.4, 0.5) is 0 Å². The van der Waals surface area contributed by atoms with Gasteiger partial charge in [-0.2, -0.15) is 0 Å². The smallest absolute Gasteiger partial charge is 0.0597 e. The molecular formula is C12H21NO. The molecule has 2 heteroatoms. The molecule has 14 heavy (non-hydrogen) atoms. The topological polar surface area (TPSA) is 46.2 Å². The molecule has 0 aliphatic heterocycles. The van der Waals surface area contributed by atoms with Crippen molar-refractivity contribution in [2.75, 3.05) is 0 Å². The molecule has 0 aromatic heterocycles. The lowest BCUT2D eigenvalue weighted by molar-refractivity contribution is -0.140. The highest BCUT2D eigenvalue weighted by atomic mass is 16.3. The minimum absolute atomic E-state index is 0.159. The summed E-state index contributed by atoms with van der Waals surface area (Å²) in [4.78, 5) is 0. The Hall–Kier alpha value is -0.0800. The molecule has 0 radical (unpaired) electrons. The summed E-state index contributed by atoms with van der Waals surface area (Å²) < 4.78 is 31.0. The van der Waals surface area contributed by atoms with Crippen molar-refractivity contribution < 1.29 is 10.6 Å². The van der Waals surface area contributed by atoms with Crippen molar-refractivity contribution in [1.29, 1.82) is 0 Å². The molecule has 2 nitrogen and oxygen atoms in total. The van der Waals surface area contributed by atoms with Crippen LogP contribution < -0.4 is 5.73 Å². The molecule has 4 saturated carbocycles. The van der Waals surface area contributed by atoms with Gasteiger partial charge in [-0.15, -0.1) is 0 Å². The first kappa shape index (κ1) is 5.86. The van der Waals surface area contributed by atoms with Crippen molar-refractivity contribution in [3.8, 4) is 0 Å². The molecule has 4 bridgehead atoms. The van der Waals surface area contributed by atoms with Gasteiger partial charge >= 0.3 is 0 Å². The van der Waals surface area contributed by atoms with Crippen LogP contribution >= 0.6 is 0 Å². The monoisotopic (exact) mass is 199 g/mol. The quantitative estimate of drug-likeness (QED) is 0.672. The van der Waals surface area contributed by atoms with E-state index in [4.69, 9.17) is 11.2 Å². The summed E-state index contributed by atoms with van der Waals surface area (Å²) in [7, 11) is 0. The van der Waals surface area contributed by atoms with Crippen LogP contribution in [0.3, 0.4) is 0 Å². The third-order valence-corrected chi connectivity index (χ3v) is 4.79. The fraction of sp³-hybridized carbons (Fsp3) is 1.00. The number of hydrogen-bond acceptors (Lipinski definition) is 2. The standard InChI is InChI=1S/C12H21NO/c1-7(13)12-4-8-2-9(5-12)11(14)10(3-8)6-12/h7-11,14H,2-6,13H2,1H3/i1D3,7D. The summed E-state index contributed by atoms with van der Waals surface area (Å²) in [5.74, 6) is 0.778. The van der Waals surface area contributed by atoms with Crippen LogP contribution in [0, 0.1) is 23.2 Å². The van der Waals surface area contributed by atoms with E-state index in [-0.39, 0.29) is 17.9 Å². The summed E-state index contributed by atoms with van der Waals surface area (Å²) in [5, 5.41) is 10.2. The summed E-state index contributed by atoms with van der Waals surface area (Å²) in [5.41, 5.74) is 5.34. The maximum absolute atomic E-state index is 10.2. The fourth-order valence-electron chi connectivity index (χ4n) is 4.33. The van der Waals surface area contributed by atoms with E-state index in [2.05, 4.69) is 0 Å². The predicted molar refractivity (Wildman–Crippen MR) is 55.6 cm³/mol. The Kier molecular flexibility index (Phi) is 1.14. The minimum atomic E-state index is -2.45. The van der Waals surface area contributed by atoms with Gasteiger partial charge in [0, 0.05) is 11.5 Å². The molecule has 3 atom stereocenters. The van der Waals surface area contributed by atoms with Crippen LogP contribution in [0.2, 0.25) is 0 Å². The lowest BCUT2D eigenvalue weighted by Gasteiger charge is -2.60. The number of aliphatic hydroxyl groups excluding tert-OH is 1. The van der Waals surface area contributed by atoms with Crippen molar-refractivity contribution >= 4 is 0 Å². The maximum atomic E-state index is 10.2. The molecule has 0 spiro atoms. The molecule has 0 heterocycles. The Labute approximate surface area is 91.5 Å². The summed E-state index contributed by atoms with van der Waals surface area (Å²) in [6.45, 7) is -2.45. The van der Waals surface area contributed by atoms with Crippen molar-refractivity contribution in [2.45, 2.75) is 51.1 Å². The van der Waals surface area contributed by atoms with Gasteiger partial charge in [0.25, 0.3) is 0 Å². The third kappa shape index (κ3) is 1.04. The van der Waals surface area contributed by atoms with Crippen LogP contribution in [-0.2, 0) is 0 Å². The van der Waals surface area contributed by atoms with Gasteiger partial charge in [-0.3, -0.25) is 0 Å². The maximum Gasteiger partial charge on any atom is 0.0597 e. The van der Waals surface area contributed by atoms with E-state index in [1.165, 1.54) is 0 Å². The highest BCUT2D eigenvalue weighted by Crippen LogP contribution is 2.60. The number of rotatable bonds is 1. The Morgan fingerprint density at radius 1 is 1.43 bits per heavy atom. The van der Waals surface area contributed by atoms with Gasteiger partial charge in [0.2, 0.25) is 0 Å². The molecule has 4 fully saturated rings. The lowest BCUT2D eigenvalue weighted by Crippen LogP contribution is -2.58. The highest BCUT2D eigenvalue weighted by Gasteiger charge is 2.56. The SMILES string of the molecule is [2H]C([2H])([2H])C([2H])(N)C12CC3CC(C1)C(O)C(C3)C2. The van der Waals surface area contributed by atoms with E-state index in [0.717, 1.165) is 19.3 Å². The number of aliphatic hydroxyl groups is 1. The van der Waals surface area contributed by atoms with Crippen molar-refractivity contribution in [3.63, 3.8) is 0 Å². The zero-order valence-corrected chi connectivity index (χ0v) is 8.37. The van der Waals surface area contributed by atoms with Gasteiger partial charge in [-0.1, -0.05) is 0 Å². The molecule has 4 aliphatic carbocycles. The van der Waals surface area contributed by atoms with Crippen LogP contribution in [0.15, 0.2) is 0 Å². The third-order valence-electron chi connectivity index (χ3n) is 4.79. The summed E-state index contributed by atoms with van der Waals surface area (Å²) in [6, 6.07) is -1.88. The average Bonchev–Trinajstić information content (AvgIpc) is 2.22. The number of nitrogens with two attached hydrogens (primary N) is 1. The largest absolute Gasteiger partial charge is 0.393 e. The molecule has 3 N–H and O–H groups in total. The van der Waals surface area contributed by atoms with E-state index in [9.17, 15) is 5.11 Å². The van der Waals surface area contributed by atoms with E-state index >= 15 is 0 Å². The zero-order chi connectivity index (χ0) is 13.3. The fourth-order valence-corrected chi connectivity index (χ4v) is 4.33. The molecule has 4 aliphatic rings. The van der Waals surface area contributed by atoms with Gasteiger partial charge < -0.3 is 10.8 Å². The molecule has 3 unspecified atom stereocenters. The summed E-state index contributed by atoms with van der Waals surface area (Å²) >= 11 is 0. The van der Waals surface area contributed by atoms with Crippen LogP contribution in [0.1, 0.15) is 44.4 Å². The second kappa shape index (κ2) is 2.73. The first-order valence-electron chi connectivity index (χ1n) is 7.63. The van der Waals surface area contributed by atoms with Crippen LogP contribution in [-0.4, -0.2) is 17.2 Å². The molecule has 0 aromatic rings. The van der Waals surface area contributed by atoms with Crippen molar-refractivity contribution in [1.82, 2.24) is 0 Å². The minimum Gasteiger partial charge on any atom is -0.393 e. The Balaban J connectivity index is 1.98. The van der Waals surface area contributed by atoms with Gasteiger partial charge in [0.15, 0.2) is 0 Å². The van der Waals surface area contributed by atoms with E-state index in [1.54, 1.807) is 0 Å². The van der Waals surface area contributed by atoms with Gasteiger partial charge in [-0.25, -0.2) is 0 Å². The van der Waals surface area contributed by atoms with Gasteiger partial charge in [0.05, 0.1) is 6.10 Å². The van der Waals surface area contributed by atoms with E-state index in [1.807, 2.05) is 0 Å². The number of hydrogen-bond donors (Lipinski definition) is 2. The zero-order valence-electron chi connectivity index (χ0n) is 12.4. The predicted octanol–water partition coefficient (Wildman–Crippen LogP) is 1.52. The highest BCUT2D eigenvalue weighted by molar-refractivity contribution is 5.07.